The summed E-state index contributed by atoms with van der Waals surface area (Å²) < 4.78 is 0. The van der Waals surface area contributed by atoms with E-state index in [0.717, 1.165) is 70.5 Å². The number of fused-ring (bicyclic) bond motifs is 4. The summed E-state index contributed by atoms with van der Waals surface area (Å²) >= 11 is 1.67. The number of thiophene rings is 1. The van der Waals surface area contributed by atoms with Gasteiger partial charge in [-0.1, -0.05) is 6.92 Å². The predicted octanol–water partition coefficient (Wildman–Crippen LogP) is 3.96. The first kappa shape index (κ1) is 24.5. The summed E-state index contributed by atoms with van der Waals surface area (Å²) in [5.41, 5.74) is 4.20. The van der Waals surface area contributed by atoms with Crippen LogP contribution in [0.25, 0.3) is 21.1 Å². The number of benzene rings is 1. The number of carbonyl (C=O) groups is 1. The molecule has 3 aromatic heterocycles. The van der Waals surface area contributed by atoms with Crippen molar-refractivity contribution in [3.8, 4) is 0 Å². The van der Waals surface area contributed by atoms with Gasteiger partial charge < -0.3 is 20.2 Å². The second-order valence-corrected chi connectivity index (χ2v) is 11.1. The minimum atomic E-state index is 0.0231. The highest BCUT2D eigenvalue weighted by atomic mass is 32.1. The maximum atomic E-state index is 12.6. The molecule has 36 heavy (non-hydrogen) atoms. The zero-order valence-electron chi connectivity index (χ0n) is 21.2. The van der Waals surface area contributed by atoms with E-state index in [-0.39, 0.29) is 24.3 Å². The van der Waals surface area contributed by atoms with Crippen molar-refractivity contribution < 1.29 is 9.90 Å². The molecule has 0 aliphatic heterocycles. The number of aromatic nitrogens is 4. The Bertz CT molecular complexity index is 1400. The molecule has 0 fully saturated rings. The monoisotopic (exact) mass is 507 g/mol. The maximum Gasteiger partial charge on any atom is 0.225 e. The number of H-pyrrole nitrogens is 1. The molecule has 0 spiro atoms. The standard InChI is InChI=1S/C26H33N7O2S/c1-15(13-34)7-8-33(4)21-11-19-17(12-29-31-19)9-20(21)30-24-23-18-6-5-16(26(35)32(2)3)10-22(18)36-25(23)28-14-27-24/h9,11-12,14-16,34H,5-8,10,13H2,1-4H3,(H,29,31)(H,27,28,30)/t15?,16-/m0/s1. The molecule has 3 N–H and O–H groups in total. The lowest BCUT2D eigenvalue weighted by Crippen LogP contribution is -2.32. The number of aliphatic hydroxyl groups excluding tert-OH is 1. The molecule has 3 heterocycles. The Hall–Kier alpha value is -3.24. The van der Waals surface area contributed by atoms with Crippen LogP contribution < -0.4 is 10.2 Å². The first-order valence-electron chi connectivity index (χ1n) is 12.4. The van der Waals surface area contributed by atoms with Crippen molar-refractivity contribution in [2.45, 2.75) is 32.6 Å². The van der Waals surface area contributed by atoms with Gasteiger partial charge in [-0.05, 0) is 49.3 Å². The van der Waals surface area contributed by atoms with Crippen LogP contribution in [-0.2, 0) is 17.6 Å². The van der Waals surface area contributed by atoms with E-state index in [1.807, 2.05) is 20.3 Å². The van der Waals surface area contributed by atoms with E-state index in [4.69, 9.17) is 0 Å². The third kappa shape index (κ3) is 4.62. The van der Waals surface area contributed by atoms with Crippen molar-refractivity contribution in [1.29, 1.82) is 0 Å². The zero-order valence-corrected chi connectivity index (χ0v) is 22.0. The number of aromatic amines is 1. The number of aliphatic hydroxyl groups is 1. The summed E-state index contributed by atoms with van der Waals surface area (Å²) in [5.74, 6) is 1.24. The normalized spacial score (nSPS) is 16.2. The average molecular weight is 508 g/mol. The Kier molecular flexibility index (Phi) is 6.81. The van der Waals surface area contributed by atoms with Crippen LogP contribution in [0.1, 0.15) is 30.2 Å². The van der Waals surface area contributed by atoms with Crippen molar-refractivity contribution in [3.05, 3.63) is 35.1 Å². The molecule has 1 amide bonds. The Morgan fingerprint density at radius 2 is 2.14 bits per heavy atom. The largest absolute Gasteiger partial charge is 0.396 e. The number of nitrogens with zero attached hydrogens (tertiary/aromatic N) is 5. The number of carbonyl (C=O) groups excluding carboxylic acids is 1. The van der Waals surface area contributed by atoms with Gasteiger partial charge in [0.1, 0.15) is 17.0 Å². The van der Waals surface area contributed by atoms with Crippen LogP contribution in [0.2, 0.25) is 0 Å². The van der Waals surface area contributed by atoms with Crippen LogP contribution in [0.5, 0.6) is 0 Å². The Balaban J connectivity index is 1.50. The Labute approximate surface area is 214 Å². The first-order chi connectivity index (χ1) is 17.4. The number of hydrogen-bond acceptors (Lipinski definition) is 8. The van der Waals surface area contributed by atoms with E-state index in [1.54, 1.807) is 22.6 Å². The van der Waals surface area contributed by atoms with Crippen LogP contribution in [-0.4, -0.2) is 70.4 Å². The molecule has 4 aromatic rings. The van der Waals surface area contributed by atoms with Crippen LogP contribution in [0.4, 0.5) is 17.2 Å². The van der Waals surface area contributed by atoms with E-state index in [0.29, 0.717) is 0 Å². The molecule has 5 rings (SSSR count). The fourth-order valence-electron chi connectivity index (χ4n) is 4.93. The van der Waals surface area contributed by atoms with Crippen LogP contribution in [0, 0.1) is 11.8 Å². The summed E-state index contributed by atoms with van der Waals surface area (Å²) in [6.45, 7) is 3.05. The number of aryl methyl sites for hydroxylation is 1. The average Bonchev–Trinajstić information content (AvgIpc) is 3.49. The second kappa shape index (κ2) is 10.0. The Morgan fingerprint density at radius 3 is 2.92 bits per heavy atom. The molecule has 10 heteroatoms. The predicted molar refractivity (Wildman–Crippen MR) is 145 cm³/mol. The maximum absolute atomic E-state index is 12.6. The van der Waals surface area contributed by atoms with Crippen LogP contribution in [0.15, 0.2) is 24.7 Å². The van der Waals surface area contributed by atoms with E-state index in [2.05, 4.69) is 56.5 Å². The molecular formula is C26H33N7O2S. The van der Waals surface area contributed by atoms with Crippen molar-refractivity contribution >= 4 is 55.6 Å². The fraction of sp³-hybridized carbons (Fsp3) is 0.462. The number of amides is 1. The summed E-state index contributed by atoms with van der Waals surface area (Å²) in [7, 11) is 5.72. The van der Waals surface area contributed by atoms with Gasteiger partial charge in [0, 0.05) is 50.5 Å². The van der Waals surface area contributed by atoms with Gasteiger partial charge in [0.25, 0.3) is 0 Å². The zero-order chi connectivity index (χ0) is 25.4. The molecule has 2 atom stereocenters. The topological polar surface area (TPSA) is 110 Å². The van der Waals surface area contributed by atoms with Gasteiger partial charge in [-0.25, -0.2) is 9.97 Å². The highest BCUT2D eigenvalue weighted by Crippen LogP contribution is 2.42. The first-order valence-corrected chi connectivity index (χ1v) is 13.2. The van der Waals surface area contributed by atoms with E-state index in [1.165, 1.54) is 10.4 Å². The fourth-order valence-corrected chi connectivity index (χ4v) is 6.20. The molecule has 0 saturated heterocycles. The molecule has 1 unspecified atom stereocenters. The third-order valence-corrected chi connectivity index (χ3v) is 8.29. The Morgan fingerprint density at radius 1 is 1.31 bits per heavy atom. The van der Waals surface area contributed by atoms with Crippen molar-refractivity contribution in [2.75, 3.05) is 44.5 Å². The van der Waals surface area contributed by atoms with Crippen LogP contribution >= 0.6 is 11.3 Å². The lowest BCUT2D eigenvalue weighted by molar-refractivity contribution is -0.133. The highest BCUT2D eigenvalue weighted by Gasteiger charge is 2.30. The second-order valence-electron chi connectivity index (χ2n) is 10.0. The summed E-state index contributed by atoms with van der Waals surface area (Å²) in [4.78, 5) is 27.9. The van der Waals surface area contributed by atoms with Gasteiger partial charge >= 0.3 is 0 Å². The van der Waals surface area contributed by atoms with Gasteiger partial charge in [0.05, 0.1) is 28.5 Å². The number of hydrogen-bond donors (Lipinski definition) is 3. The van der Waals surface area contributed by atoms with Gasteiger partial charge in [0.15, 0.2) is 0 Å². The molecule has 1 aliphatic carbocycles. The summed E-state index contributed by atoms with van der Waals surface area (Å²) in [5, 5.41) is 22.4. The van der Waals surface area contributed by atoms with Gasteiger partial charge in [-0.2, -0.15) is 5.10 Å². The minimum Gasteiger partial charge on any atom is -0.396 e. The number of anilines is 3. The van der Waals surface area contributed by atoms with Crippen molar-refractivity contribution in [2.24, 2.45) is 11.8 Å². The molecule has 9 nitrogen and oxygen atoms in total. The van der Waals surface area contributed by atoms with Gasteiger partial charge in [-0.15, -0.1) is 11.3 Å². The molecule has 0 saturated carbocycles. The molecule has 1 aromatic carbocycles. The molecule has 0 radical (unpaired) electrons. The SMILES string of the molecule is CC(CO)CCN(C)c1cc2[nH]ncc2cc1Nc1ncnc2sc3c(c12)CC[C@H](C(=O)N(C)C)C3. The summed E-state index contributed by atoms with van der Waals surface area (Å²) in [6.07, 6.45) is 6.75. The highest BCUT2D eigenvalue weighted by molar-refractivity contribution is 7.19. The quantitative estimate of drug-likeness (QED) is 0.331. The van der Waals surface area contributed by atoms with E-state index >= 15 is 0 Å². The van der Waals surface area contributed by atoms with Crippen molar-refractivity contribution in [3.63, 3.8) is 0 Å². The van der Waals surface area contributed by atoms with Gasteiger partial charge in [0.2, 0.25) is 5.91 Å². The molecule has 1 aliphatic rings. The molecule has 0 bridgehead atoms. The lowest BCUT2D eigenvalue weighted by Gasteiger charge is -2.25. The molecule has 190 valence electrons. The molecular weight excluding hydrogens is 474 g/mol. The summed E-state index contributed by atoms with van der Waals surface area (Å²) in [6, 6.07) is 4.20. The smallest absolute Gasteiger partial charge is 0.225 e. The van der Waals surface area contributed by atoms with E-state index < -0.39 is 0 Å². The minimum absolute atomic E-state index is 0.0231. The number of nitrogens with one attached hydrogen (secondary N) is 2. The van der Waals surface area contributed by atoms with E-state index in [9.17, 15) is 9.90 Å². The number of rotatable bonds is 8. The van der Waals surface area contributed by atoms with Crippen LogP contribution in [0.3, 0.4) is 0 Å². The lowest BCUT2D eigenvalue weighted by atomic mass is 9.87. The van der Waals surface area contributed by atoms with Crippen molar-refractivity contribution in [1.82, 2.24) is 25.1 Å². The van der Waals surface area contributed by atoms with Gasteiger partial charge in [-0.3, -0.25) is 9.89 Å². The third-order valence-electron chi connectivity index (χ3n) is 7.13.